The minimum Gasteiger partial charge on any atom is -0.376 e. The first-order valence-electron chi connectivity index (χ1n) is 9.57. The van der Waals surface area contributed by atoms with Crippen LogP contribution in [0.15, 0.2) is 22.7 Å². The molecule has 9 nitrogen and oxygen atoms in total. The van der Waals surface area contributed by atoms with Crippen molar-refractivity contribution in [3.63, 3.8) is 0 Å². The van der Waals surface area contributed by atoms with Crippen LogP contribution in [0.5, 0.6) is 0 Å². The van der Waals surface area contributed by atoms with Crippen LogP contribution in [0, 0.1) is 0 Å². The highest BCUT2D eigenvalue weighted by molar-refractivity contribution is 8.14. The van der Waals surface area contributed by atoms with E-state index in [9.17, 15) is 14.4 Å². The zero-order valence-electron chi connectivity index (χ0n) is 16.1. The lowest BCUT2D eigenvalue weighted by atomic mass is 10.2. The molecule has 2 aliphatic heterocycles. The molecule has 160 valence electrons. The van der Waals surface area contributed by atoms with E-state index >= 15 is 0 Å². The van der Waals surface area contributed by atoms with E-state index in [1.54, 1.807) is 11.3 Å². The second-order valence-electron chi connectivity index (χ2n) is 6.77. The van der Waals surface area contributed by atoms with E-state index in [4.69, 9.17) is 4.74 Å². The van der Waals surface area contributed by atoms with E-state index in [1.165, 1.54) is 16.7 Å². The van der Waals surface area contributed by atoms with Crippen molar-refractivity contribution in [1.29, 1.82) is 0 Å². The number of nitrogens with one attached hydrogen (secondary N) is 1. The number of carbonyl (C=O) groups is 3. The predicted octanol–water partition coefficient (Wildman–Crippen LogP) is 2.09. The average molecular weight is 468 g/mol. The topological polar surface area (TPSA) is 106 Å². The molecule has 4 rings (SSSR count). The molecule has 0 aromatic carbocycles. The number of imide groups is 1. The van der Waals surface area contributed by atoms with E-state index in [-0.39, 0.29) is 47.8 Å². The number of carbonyl (C=O) groups excluding carboxylic acids is 3. The maximum absolute atomic E-state index is 12.2. The van der Waals surface area contributed by atoms with Gasteiger partial charge in [0.25, 0.3) is 5.24 Å². The Labute approximate surface area is 185 Å². The summed E-state index contributed by atoms with van der Waals surface area (Å²) >= 11 is 3.90. The zero-order valence-corrected chi connectivity index (χ0v) is 18.6. The van der Waals surface area contributed by atoms with E-state index in [1.807, 2.05) is 22.1 Å². The van der Waals surface area contributed by atoms with Crippen LogP contribution in [0.4, 0.5) is 4.79 Å². The van der Waals surface area contributed by atoms with Gasteiger partial charge in [-0.25, -0.2) is 0 Å². The second kappa shape index (κ2) is 9.94. The smallest absolute Gasteiger partial charge is 0.288 e. The first-order valence-corrected chi connectivity index (χ1v) is 12.4. The van der Waals surface area contributed by atoms with E-state index in [0.29, 0.717) is 11.7 Å². The van der Waals surface area contributed by atoms with Gasteiger partial charge in [-0.05, 0) is 24.3 Å². The average Bonchev–Trinajstić information content (AvgIpc) is 3.52. The Kier molecular flexibility index (Phi) is 7.08. The van der Waals surface area contributed by atoms with Crippen LogP contribution in [0.25, 0.3) is 10.7 Å². The number of amides is 3. The number of aromatic nitrogens is 3. The van der Waals surface area contributed by atoms with E-state index in [2.05, 4.69) is 15.5 Å². The van der Waals surface area contributed by atoms with Gasteiger partial charge < -0.3 is 10.1 Å². The molecule has 12 heteroatoms. The van der Waals surface area contributed by atoms with Crippen molar-refractivity contribution < 1.29 is 19.1 Å². The molecule has 3 amide bonds. The molecule has 1 atom stereocenters. The minimum atomic E-state index is -0.257. The summed E-state index contributed by atoms with van der Waals surface area (Å²) < 4.78 is 7.80. The molecule has 1 N–H and O–H groups in total. The molecule has 2 aromatic rings. The summed E-state index contributed by atoms with van der Waals surface area (Å²) in [5, 5.41) is 13.8. The molecule has 4 heterocycles. The molecule has 0 spiro atoms. The van der Waals surface area contributed by atoms with Crippen molar-refractivity contribution in [3.05, 3.63) is 17.5 Å². The molecule has 0 bridgehead atoms. The monoisotopic (exact) mass is 467 g/mol. The quantitative estimate of drug-likeness (QED) is 0.559. The van der Waals surface area contributed by atoms with E-state index < -0.39 is 0 Å². The first-order chi connectivity index (χ1) is 14.6. The van der Waals surface area contributed by atoms with Gasteiger partial charge >= 0.3 is 0 Å². The zero-order chi connectivity index (χ0) is 20.9. The SMILES string of the molecule is O=C(CSc1nnc(-c2cccs2)n1C[C@H]1CCCO1)NCCN1C(=O)CSC1=O. The minimum absolute atomic E-state index is 0.126. The highest BCUT2D eigenvalue weighted by atomic mass is 32.2. The number of ether oxygens (including phenoxy) is 1. The Morgan fingerprint density at radius 3 is 2.97 bits per heavy atom. The molecule has 2 aliphatic rings. The summed E-state index contributed by atoms with van der Waals surface area (Å²) in [5.41, 5.74) is 0. The molecular weight excluding hydrogens is 446 g/mol. The summed E-state index contributed by atoms with van der Waals surface area (Å²) in [7, 11) is 0. The van der Waals surface area contributed by atoms with E-state index in [0.717, 1.165) is 41.9 Å². The van der Waals surface area contributed by atoms with Crippen molar-refractivity contribution in [3.8, 4) is 10.7 Å². The summed E-state index contributed by atoms with van der Waals surface area (Å²) in [6, 6.07) is 3.97. The number of thiophene rings is 1. The van der Waals surface area contributed by atoms with Gasteiger partial charge in [0.1, 0.15) is 0 Å². The van der Waals surface area contributed by atoms with Gasteiger partial charge in [0, 0.05) is 19.7 Å². The molecule has 0 unspecified atom stereocenters. The molecule has 2 saturated heterocycles. The Balaban J connectivity index is 1.33. The van der Waals surface area contributed by atoms with Crippen LogP contribution < -0.4 is 5.32 Å². The van der Waals surface area contributed by atoms with Crippen LogP contribution in [0.3, 0.4) is 0 Å². The summed E-state index contributed by atoms with van der Waals surface area (Å²) in [5.74, 6) is 0.736. The normalized spacial score (nSPS) is 19.1. The lowest BCUT2D eigenvalue weighted by Crippen LogP contribution is -2.38. The highest BCUT2D eigenvalue weighted by Crippen LogP contribution is 2.29. The van der Waals surface area contributed by atoms with Gasteiger partial charge in [-0.2, -0.15) is 0 Å². The van der Waals surface area contributed by atoms with Gasteiger partial charge in [0.05, 0.1) is 29.0 Å². The Bertz CT molecular complexity index is 895. The number of rotatable bonds is 9. The van der Waals surface area contributed by atoms with Crippen LogP contribution in [-0.4, -0.2) is 74.0 Å². The van der Waals surface area contributed by atoms with Crippen molar-refractivity contribution in [1.82, 2.24) is 25.0 Å². The molecule has 2 aromatic heterocycles. The summed E-state index contributed by atoms with van der Waals surface area (Å²) in [6.45, 7) is 1.85. The van der Waals surface area contributed by atoms with Gasteiger partial charge in [-0.1, -0.05) is 29.6 Å². The fourth-order valence-corrected chi connectivity index (χ4v) is 5.47. The lowest BCUT2D eigenvalue weighted by molar-refractivity contribution is -0.125. The Morgan fingerprint density at radius 2 is 2.27 bits per heavy atom. The van der Waals surface area contributed by atoms with Gasteiger partial charge in [-0.3, -0.25) is 23.9 Å². The maximum atomic E-state index is 12.2. The number of hydrogen-bond acceptors (Lipinski definition) is 9. The third-order valence-corrected chi connectivity index (χ3v) is 7.39. The summed E-state index contributed by atoms with van der Waals surface area (Å²) in [4.78, 5) is 37.6. The Morgan fingerprint density at radius 1 is 1.37 bits per heavy atom. The van der Waals surface area contributed by atoms with Gasteiger partial charge in [0.15, 0.2) is 11.0 Å². The second-order valence-corrected chi connectivity index (χ2v) is 9.58. The molecule has 0 aliphatic carbocycles. The van der Waals surface area contributed by atoms with Crippen molar-refractivity contribution in [2.24, 2.45) is 0 Å². The maximum Gasteiger partial charge on any atom is 0.288 e. The van der Waals surface area contributed by atoms with Crippen LogP contribution >= 0.6 is 34.9 Å². The molecule has 0 radical (unpaired) electrons. The fourth-order valence-electron chi connectivity index (χ4n) is 3.23. The summed E-state index contributed by atoms with van der Waals surface area (Å²) in [6.07, 6.45) is 2.17. The van der Waals surface area contributed by atoms with Gasteiger partial charge in [0.2, 0.25) is 11.8 Å². The number of hydrogen-bond donors (Lipinski definition) is 1. The van der Waals surface area contributed by atoms with Crippen LogP contribution in [-0.2, 0) is 20.9 Å². The van der Waals surface area contributed by atoms with Crippen molar-refractivity contribution in [2.45, 2.75) is 30.6 Å². The first kappa shape index (κ1) is 21.3. The standard InChI is InChI=1S/C18H21N5O4S3/c24-14(19-5-6-22-15(25)11-30-18(22)26)10-29-17-21-20-16(13-4-2-8-28-13)23(17)9-12-3-1-7-27-12/h2,4,8,12H,1,3,5-7,9-11H2,(H,19,24)/t12-/m1/s1. The number of thioether (sulfide) groups is 2. The van der Waals surface area contributed by atoms with Crippen molar-refractivity contribution in [2.75, 3.05) is 31.2 Å². The third-order valence-electron chi connectivity index (χ3n) is 4.70. The lowest BCUT2D eigenvalue weighted by Gasteiger charge is -2.14. The highest BCUT2D eigenvalue weighted by Gasteiger charge is 2.29. The van der Waals surface area contributed by atoms with Crippen LogP contribution in [0.1, 0.15) is 12.8 Å². The van der Waals surface area contributed by atoms with Gasteiger partial charge in [-0.15, -0.1) is 21.5 Å². The van der Waals surface area contributed by atoms with Crippen molar-refractivity contribution >= 4 is 51.9 Å². The number of nitrogens with zero attached hydrogens (tertiary/aromatic N) is 4. The largest absolute Gasteiger partial charge is 0.376 e. The third kappa shape index (κ3) is 5.05. The Hall–Kier alpha value is -1.89. The molecule has 0 saturated carbocycles. The molecular formula is C18H21N5O4S3. The fraction of sp³-hybridized carbons (Fsp3) is 0.500. The molecule has 30 heavy (non-hydrogen) atoms. The molecule has 2 fully saturated rings. The predicted molar refractivity (Wildman–Crippen MR) is 116 cm³/mol. The van der Waals surface area contributed by atoms with Crippen LogP contribution in [0.2, 0.25) is 0 Å².